The van der Waals surface area contributed by atoms with E-state index in [0.717, 1.165) is 25.0 Å². The maximum absolute atomic E-state index is 12.3. The van der Waals surface area contributed by atoms with Crippen LogP contribution in [0.1, 0.15) is 17.1 Å². The second kappa shape index (κ2) is 4.66. The van der Waals surface area contributed by atoms with Gasteiger partial charge in [-0.3, -0.25) is 4.79 Å². The summed E-state index contributed by atoms with van der Waals surface area (Å²) in [6.45, 7) is 1.50. The Morgan fingerprint density at radius 1 is 1.42 bits per heavy atom. The number of aromatic nitrogens is 1. The van der Waals surface area contributed by atoms with Crippen LogP contribution >= 0.6 is 0 Å². The summed E-state index contributed by atoms with van der Waals surface area (Å²) in [5.74, 6) is 0.0844. The summed E-state index contributed by atoms with van der Waals surface area (Å²) in [6.07, 6.45) is 0.999. The maximum atomic E-state index is 12.3. The van der Waals surface area contributed by atoms with Crippen LogP contribution in [0.25, 0.3) is 11.1 Å². The first-order chi connectivity index (χ1) is 9.15. The first-order valence-corrected chi connectivity index (χ1v) is 6.46. The molecule has 3 rings (SSSR count). The van der Waals surface area contributed by atoms with Gasteiger partial charge in [-0.2, -0.15) is 0 Å². The van der Waals surface area contributed by atoms with Crippen molar-refractivity contribution < 1.29 is 9.21 Å². The van der Waals surface area contributed by atoms with Gasteiger partial charge in [0, 0.05) is 19.1 Å². The molecule has 1 aromatic carbocycles. The van der Waals surface area contributed by atoms with Gasteiger partial charge in [0.1, 0.15) is 5.52 Å². The monoisotopic (exact) mass is 259 g/mol. The van der Waals surface area contributed by atoms with E-state index in [0.29, 0.717) is 11.6 Å². The van der Waals surface area contributed by atoms with Crippen LogP contribution in [0.4, 0.5) is 0 Å². The van der Waals surface area contributed by atoms with Gasteiger partial charge in [-0.15, -0.1) is 0 Å². The summed E-state index contributed by atoms with van der Waals surface area (Å²) >= 11 is 0. The van der Waals surface area contributed by atoms with Crippen molar-refractivity contribution in [2.75, 3.05) is 27.2 Å². The van der Waals surface area contributed by atoms with Crippen LogP contribution in [0.5, 0.6) is 0 Å². The van der Waals surface area contributed by atoms with Crippen LogP contribution in [0, 0.1) is 0 Å². The largest absolute Gasteiger partial charge is 0.432 e. The summed E-state index contributed by atoms with van der Waals surface area (Å²) in [5, 5.41) is 0. The fourth-order valence-electron chi connectivity index (χ4n) is 2.45. The van der Waals surface area contributed by atoms with Gasteiger partial charge in [-0.1, -0.05) is 12.1 Å². The Balaban J connectivity index is 1.80. The van der Waals surface area contributed by atoms with Crippen molar-refractivity contribution >= 4 is 17.0 Å². The number of benzene rings is 1. The average Bonchev–Trinajstić information content (AvgIpc) is 3.04. The van der Waals surface area contributed by atoms with Gasteiger partial charge < -0.3 is 14.2 Å². The Bertz CT molecular complexity index is 573. The van der Waals surface area contributed by atoms with E-state index in [1.54, 1.807) is 0 Å². The van der Waals surface area contributed by atoms with Crippen LogP contribution in [-0.4, -0.2) is 53.9 Å². The molecule has 2 aromatic rings. The molecule has 1 aliphatic rings. The van der Waals surface area contributed by atoms with Gasteiger partial charge >= 0.3 is 5.91 Å². The van der Waals surface area contributed by atoms with Crippen molar-refractivity contribution in [3.63, 3.8) is 0 Å². The van der Waals surface area contributed by atoms with Crippen molar-refractivity contribution in [2.24, 2.45) is 0 Å². The van der Waals surface area contributed by atoms with E-state index in [1.165, 1.54) is 0 Å². The van der Waals surface area contributed by atoms with Gasteiger partial charge in [-0.05, 0) is 32.6 Å². The van der Waals surface area contributed by atoms with Crippen LogP contribution in [0.3, 0.4) is 0 Å². The molecule has 0 bridgehead atoms. The molecule has 19 heavy (non-hydrogen) atoms. The highest BCUT2D eigenvalue weighted by Gasteiger charge is 2.30. The first-order valence-electron chi connectivity index (χ1n) is 6.46. The van der Waals surface area contributed by atoms with Crippen molar-refractivity contribution in [3.8, 4) is 0 Å². The van der Waals surface area contributed by atoms with Crippen molar-refractivity contribution in [2.45, 2.75) is 12.5 Å². The number of rotatable bonds is 2. The summed E-state index contributed by atoms with van der Waals surface area (Å²) in [7, 11) is 4.08. The quantitative estimate of drug-likeness (QED) is 0.822. The van der Waals surface area contributed by atoms with Crippen LogP contribution in [-0.2, 0) is 0 Å². The van der Waals surface area contributed by atoms with Crippen molar-refractivity contribution in [1.29, 1.82) is 0 Å². The van der Waals surface area contributed by atoms with Gasteiger partial charge in [-0.25, -0.2) is 4.98 Å². The highest BCUT2D eigenvalue weighted by Crippen LogP contribution is 2.19. The van der Waals surface area contributed by atoms with Gasteiger partial charge in [0.25, 0.3) is 5.89 Å². The molecule has 0 radical (unpaired) electrons. The van der Waals surface area contributed by atoms with Crippen molar-refractivity contribution in [1.82, 2.24) is 14.8 Å². The molecule has 0 N–H and O–H groups in total. The number of para-hydroxylation sites is 2. The molecule has 0 saturated carbocycles. The number of likely N-dealkylation sites (tertiary alicyclic amines) is 1. The molecule has 5 heteroatoms. The zero-order valence-corrected chi connectivity index (χ0v) is 11.2. The molecule has 0 spiro atoms. The Kier molecular flexibility index (Phi) is 2.98. The van der Waals surface area contributed by atoms with E-state index in [-0.39, 0.29) is 11.8 Å². The van der Waals surface area contributed by atoms with E-state index in [1.807, 2.05) is 43.3 Å². The lowest BCUT2D eigenvalue weighted by Crippen LogP contribution is -2.34. The van der Waals surface area contributed by atoms with E-state index in [9.17, 15) is 4.79 Å². The predicted molar refractivity (Wildman–Crippen MR) is 72.0 cm³/mol. The normalized spacial score (nSPS) is 19.5. The fourth-order valence-corrected chi connectivity index (χ4v) is 2.45. The van der Waals surface area contributed by atoms with Gasteiger partial charge in [0.2, 0.25) is 0 Å². The van der Waals surface area contributed by atoms with E-state index < -0.39 is 0 Å². The molecule has 1 unspecified atom stereocenters. The average molecular weight is 259 g/mol. The number of amides is 1. The van der Waals surface area contributed by atoms with E-state index in [2.05, 4.69) is 9.88 Å². The molecule has 100 valence electrons. The van der Waals surface area contributed by atoms with Crippen molar-refractivity contribution in [3.05, 3.63) is 30.2 Å². The number of carbonyl (C=O) groups excluding carboxylic acids is 1. The molecule has 1 aliphatic heterocycles. The molecule has 0 aliphatic carbocycles. The molecule has 1 fully saturated rings. The fraction of sp³-hybridized carbons (Fsp3) is 0.429. The number of likely N-dealkylation sites (N-methyl/N-ethyl adjacent to an activating group) is 1. The number of nitrogens with zero attached hydrogens (tertiary/aromatic N) is 3. The SMILES string of the molecule is CN(C)C1CCN(C(=O)c2nc3ccccc3o2)C1. The zero-order valence-electron chi connectivity index (χ0n) is 11.2. The molecule has 1 aromatic heterocycles. The molecule has 5 nitrogen and oxygen atoms in total. The number of fused-ring (bicyclic) bond motifs is 1. The molecule has 2 heterocycles. The number of oxazole rings is 1. The third-order valence-corrected chi connectivity index (χ3v) is 3.66. The highest BCUT2D eigenvalue weighted by atomic mass is 16.4. The Morgan fingerprint density at radius 3 is 2.89 bits per heavy atom. The lowest BCUT2D eigenvalue weighted by molar-refractivity contribution is 0.0746. The smallest absolute Gasteiger partial charge is 0.309 e. The second-order valence-corrected chi connectivity index (χ2v) is 5.14. The highest BCUT2D eigenvalue weighted by molar-refractivity contribution is 5.92. The summed E-state index contributed by atoms with van der Waals surface area (Å²) in [5.41, 5.74) is 1.39. The Labute approximate surface area is 111 Å². The molecule has 1 saturated heterocycles. The first kappa shape index (κ1) is 12.2. The summed E-state index contributed by atoms with van der Waals surface area (Å²) in [4.78, 5) is 20.6. The molecule has 1 atom stereocenters. The molecular formula is C14H17N3O2. The van der Waals surface area contributed by atoms with Gasteiger partial charge in [0.15, 0.2) is 5.58 Å². The predicted octanol–water partition coefficient (Wildman–Crippen LogP) is 1.60. The lowest BCUT2D eigenvalue weighted by atomic mass is 10.2. The van der Waals surface area contributed by atoms with E-state index in [4.69, 9.17) is 4.42 Å². The number of carbonyl (C=O) groups is 1. The Hall–Kier alpha value is -1.88. The van der Waals surface area contributed by atoms with Crippen LogP contribution in [0.2, 0.25) is 0 Å². The molecule has 1 amide bonds. The summed E-state index contributed by atoms with van der Waals surface area (Å²) < 4.78 is 5.52. The third kappa shape index (κ3) is 2.21. The minimum Gasteiger partial charge on any atom is -0.432 e. The lowest BCUT2D eigenvalue weighted by Gasteiger charge is -2.19. The summed E-state index contributed by atoms with van der Waals surface area (Å²) in [6, 6.07) is 7.86. The Morgan fingerprint density at radius 2 is 2.21 bits per heavy atom. The third-order valence-electron chi connectivity index (χ3n) is 3.66. The second-order valence-electron chi connectivity index (χ2n) is 5.14. The van der Waals surface area contributed by atoms with Gasteiger partial charge in [0.05, 0.1) is 0 Å². The van der Waals surface area contributed by atoms with E-state index >= 15 is 0 Å². The maximum Gasteiger partial charge on any atom is 0.309 e. The molecular weight excluding hydrogens is 242 g/mol. The minimum atomic E-state index is -0.111. The zero-order chi connectivity index (χ0) is 13.4. The minimum absolute atomic E-state index is 0.111. The number of hydrogen-bond acceptors (Lipinski definition) is 4. The number of hydrogen-bond donors (Lipinski definition) is 0. The topological polar surface area (TPSA) is 49.6 Å². The standard InChI is InChI=1S/C14H17N3O2/c1-16(2)10-7-8-17(9-10)14(18)13-15-11-5-3-4-6-12(11)19-13/h3-6,10H,7-9H2,1-2H3. The van der Waals surface area contributed by atoms with Crippen LogP contribution < -0.4 is 0 Å². The van der Waals surface area contributed by atoms with Crippen LogP contribution in [0.15, 0.2) is 28.7 Å².